The van der Waals surface area contributed by atoms with Crippen LogP contribution in [0.4, 0.5) is 0 Å². The van der Waals surface area contributed by atoms with E-state index in [1.165, 1.54) is 0 Å². The highest BCUT2D eigenvalue weighted by Gasteiger charge is 2.10. The summed E-state index contributed by atoms with van der Waals surface area (Å²) < 4.78 is 10.6. The molecule has 84 valence electrons. The summed E-state index contributed by atoms with van der Waals surface area (Å²) in [5, 5.41) is 0. The Morgan fingerprint density at radius 3 is 2.40 bits per heavy atom. The number of hydroxylamine groups is 1. The third kappa shape index (κ3) is 2.61. The third-order valence-corrected chi connectivity index (χ3v) is 2.27. The number of hydrogen-bond donors (Lipinski definition) is 1. The van der Waals surface area contributed by atoms with Crippen LogP contribution in [0.1, 0.15) is 11.1 Å². The maximum absolute atomic E-state index is 5.34. The summed E-state index contributed by atoms with van der Waals surface area (Å²) in [6.07, 6.45) is 0. The van der Waals surface area contributed by atoms with Crippen molar-refractivity contribution in [2.24, 2.45) is 0 Å². The Morgan fingerprint density at radius 2 is 1.87 bits per heavy atom. The molecule has 0 atom stereocenters. The van der Waals surface area contributed by atoms with E-state index in [-0.39, 0.29) is 0 Å². The highest BCUT2D eigenvalue weighted by atomic mass is 16.6. The molecule has 0 heterocycles. The average Bonchev–Trinajstić information content (AvgIpc) is 2.26. The van der Waals surface area contributed by atoms with Gasteiger partial charge in [-0.05, 0) is 13.0 Å². The van der Waals surface area contributed by atoms with Gasteiger partial charge in [0.2, 0.25) is 0 Å². The van der Waals surface area contributed by atoms with Crippen LogP contribution in [0.2, 0.25) is 0 Å². The molecule has 0 radical (unpaired) electrons. The molecule has 0 saturated heterocycles. The zero-order chi connectivity index (χ0) is 11.3. The monoisotopic (exact) mass is 211 g/mol. The second kappa shape index (κ2) is 5.58. The molecular weight excluding hydrogens is 194 g/mol. The second-order valence-corrected chi connectivity index (χ2v) is 3.11. The van der Waals surface area contributed by atoms with Gasteiger partial charge >= 0.3 is 0 Å². The van der Waals surface area contributed by atoms with E-state index in [0.717, 1.165) is 22.6 Å². The molecule has 0 aliphatic heterocycles. The van der Waals surface area contributed by atoms with Gasteiger partial charge in [-0.2, -0.15) is 5.48 Å². The first-order valence-electron chi connectivity index (χ1n) is 4.70. The summed E-state index contributed by atoms with van der Waals surface area (Å²) in [4.78, 5) is 4.80. The van der Waals surface area contributed by atoms with Crippen LogP contribution in [-0.2, 0) is 11.4 Å². The van der Waals surface area contributed by atoms with Crippen molar-refractivity contribution in [2.75, 3.05) is 21.3 Å². The third-order valence-electron chi connectivity index (χ3n) is 2.27. The van der Waals surface area contributed by atoms with Gasteiger partial charge in [-0.1, -0.05) is 6.07 Å². The number of rotatable bonds is 5. The standard InChI is InChI=1S/C11H17NO3/c1-8-10(13-2)6-5-9(7-12-15-4)11(8)14-3/h5-6,12H,7H2,1-4H3. The van der Waals surface area contributed by atoms with Gasteiger partial charge in [-0.3, -0.25) is 0 Å². The normalized spacial score (nSPS) is 10.1. The first kappa shape index (κ1) is 11.8. The smallest absolute Gasteiger partial charge is 0.130 e. The van der Waals surface area contributed by atoms with E-state index in [9.17, 15) is 0 Å². The maximum atomic E-state index is 5.34. The fourth-order valence-electron chi connectivity index (χ4n) is 1.52. The first-order valence-corrected chi connectivity index (χ1v) is 4.70. The van der Waals surface area contributed by atoms with E-state index >= 15 is 0 Å². The van der Waals surface area contributed by atoms with Crippen molar-refractivity contribution in [3.05, 3.63) is 23.3 Å². The lowest BCUT2D eigenvalue weighted by Gasteiger charge is -2.14. The van der Waals surface area contributed by atoms with Crippen LogP contribution in [0.25, 0.3) is 0 Å². The van der Waals surface area contributed by atoms with Crippen LogP contribution in [0.3, 0.4) is 0 Å². The molecule has 0 bridgehead atoms. The van der Waals surface area contributed by atoms with Crippen molar-refractivity contribution in [1.29, 1.82) is 0 Å². The summed E-state index contributed by atoms with van der Waals surface area (Å²) in [7, 11) is 4.88. The fourth-order valence-corrected chi connectivity index (χ4v) is 1.52. The minimum atomic E-state index is 0.602. The molecule has 0 amide bonds. The van der Waals surface area contributed by atoms with Gasteiger partial charge in [-0.15, -0.1) is 0 Å². The zero-order valence-corrected chi connectivity index (χ0v) is 9.59. The van der Waals surface area contributed by atoms with Gasteiger partial charge in [-0.25, -0.2) is 0 Å². The summed E-state index contributed by atoms with van der Waals surface area (Å²) in [6, 6.07) is 3.88. The average molecular weight is 211 g/mol. The van der Waals surface area contributed by atoms with Crippen LogP contribution < -0.4 is 15.0 Å². The quantitative estimate of drug-likeness (QED) is 0.752. The molecule has 0 aromatic heterocycles. The van der Waals surface area contributed by atoms with E-state index < -0.39 is 0 Å². The Morgan fingerprint density at radius 1 is 1.13 bits per heavy atom. The molecule has 15 heavy (non-hydrogen) atoms. The molecule has 4 heteroatoms. The molecule has 1 N–H and O–H groups in total. The van der Waals surface area contributed by atoms with E-state index in [1.54, 1.807) is 21.3 Å². The SMILES string of the molecule is CONCc1ccc(OC)c(C)c1OC. The molecule has 0 aliphatic rings. The molecule has 1 aromatic rings. The lowest BCUT2D eigenvalue weighted by atomic mass is 10.1. The van der Waals surface area contributed by atoms with E-state index in [1.807, 2.05) is 19.1 Å². The molecule has 0 unspecified atom stereocenters. The van der Waals surface area contributed by atoms with Gasteiger partial charge in [0.1, 0.15) is 11.5 Å². The Balaban J connectivity index is 3.01. The van der Waals surface area contributed by atoms with Crippen molar-refractivity contribution in [1.82, 2.24) is 5.48 Å². The number of nitrogens with one attached hydrogen (secondary N) is 1. The van der Waals surface area contributed by atoms with Crippen molar-refractivity contribution in [3.8, 4) is 11.5 Å². The lowest BCUT2D eigenvalue weighted by Crippen LogP contribution is -2.12. The fraction of sp³-hybridized carbons (Fsp3) is 0.455. The second-order valence-electron chi connectivity index (χ2n) is 3.11. The van der Waals surface area contributed by atoms with Crippen molar-refractivity contribution >= 4 is 0 Å². The Labute approximate surface area is 90.1 Å². The highest BCUT2D eigenvalue weighted by molar-refractivity contribution is 5.49. The van der Waals surface area contributed by atoms with Crippen LogP contribution in [0.15, 0.2) is 12.1 Å². The number of ether oxygens (including phenoxy) is 2. The molecule has 1 rings (SSSR count). The lowest BCUT2D eigenvalue weighted by molar-refractivity contribution is 0.0861. The van der Waals surface area contributed by atoms with Gasteiger partial charge in [0.25, 0.3) is 0 Å². The summed E-state index contributed by atoms with van der Waals surface area (Å²) >= 11 is 0. The molecular formula is C11H17NO3. The largest absolute Gasteiger partial charge is 0.496 e. The number of hydrogen-bond acceptors (Lipinski definition) is 4. The Hall–Kier alpha value is -1.26. The number of benzene rings is 1. The predicted octanol–water partition coefficient (Wildman–Crippen LogP) is 1.66. The Kier molecular flexibility index (Phi) is 4.39. The van der Waals surface area contributed by atoms with Gasteiger partial charge in [0.15, 0.2) is 0 Å². The van der Waals surface area contributed by atoms with E-state index in [0.29, 0.717) is 6.54 Å². The maximum Gasteiger partial charge on any atom is 0.130 e. The number of methoxy groups -OCH3 is 2. The van der Waals surface area contributed by atoms with E-state index in [2.05, 4.69) is 5.48 Å². The van der Waals surface area contributed by atoms with Crippen LogP contribution in [-0.4, -0.2) is 21.3 Å². The predicted molar refractivity (Wildman–Crippen MR) is 58.1 cm³/mol. The summed E-state index contributed by atoms with van der Waals surface area (Å²) in [5.74, 6) is 1.66. The zero-order valence-electron chi connectivity index (χ0n) is 9.59. The minimum absolute atomic E-state index is 0.602. The van der Waals surface area contributed by atoms with Crippen molar-refractivity contribution < 1.29 is 14.3 Å². The van der Waals surface area contributed by atoms with Gasteiger partial charge < -0.3 is 14.3 Å². The van der Waals surface area contributed by atoms with Crippen molar-refractivity contribution in [2.45, 2.75) is 13.5 Å². The molecule has 0 aliphatic carbocycles. The van der Waals surface area contributed by atoms with Gasteiger partial charge in [0.05, 0.1) is 21.3 Å². The molecule has 0 spiro atoms. The summed E-state index contributed by atoms with van der Waals surface area (Å²) in [5.41, 5.74) is 4.82. The molecule has 0 saturated carbocycles. The van der Waals surface area contributed by atoms with Crippen molar-refractivity contribution in [3.63, 3.8) is 0 Å². The summed E-state index contributed by atoms with van der Waals surface area (Å²) in [6.45, 7) is 2.57. The van der Waals surface area contributed by atoms with Gasteiger partial charge in [0, 0.05) is 17.7 Å². The van der Waals surface area contributed by atoms with Crippen LogP contribution in [0, 0.1) is 6.92 Å². The van der Waals surface area contributed by atoms with Crippen LogP contribution in [0.5, 0.6) is 11.5 Å². The highest BCUT2D eigenvalue weighted by Crippen LogP contribution is 2.30. The Bertz CT molecular complexity index is 326. The minimum Gasteiger partial charge on any atom is -0.496 e. The molecule has 4 nitrogen and oxygen atoms in total. The van der Waals surface area contributed by atoms with Crippen LogP contribution >= 0.6 is 0 Å². The van der Waals surface area contributed by atoms with E-state index in [4.69, 9.17) is 14.3 Å². The molecule has 1 aromatic carbocycles. The first-order chi connectivity index (χ1) is 7.24. The topological polar surface area (TPSA) is 39.7 Å². The molecule has 0 fully saturated rings.